The van der Waals surface area contributed by atoms with Crippen LogP contribution in [-0.4, -0.2) is 18.2 Å². The summed E-state index contributed by atoms with van der Waals surface area (Å²) in [4.78, 5) is 24.6. The van der Waals surface area contributed by atoms with Crippen molar-refractivity contribution in [1.82, 2.24) is 0 Å². The lowest BCUT2D eigenvalue weighted by atomic mass is 10.1. The van der Waals surface area contributed by atoms with E-state index in [1.165, 1.54) is 0 Å². The van der Waals surface area contributed by atoms with E-state index in [-0.39, 0.29) is 23.9 Å². The van der Waals surface area contributed by atoms with Crippen molar-refractivity contribution in [2.24, 2.45) is 0 Å². The highest BCUT2D eigenvalue weighted by atomic mass is 16.5. The van der Waals surface area contributed by atoms with Crippen LogP contribution in [0.3, 0.4) is 0 Å². The predicted octanol–water partition coefficient (Wildman–Crippen LogP) is 4.56. The molecule has 1 heterocycles. The van der Waals surface area contributed by atoms with Crippen LogP contribution < -0.4 is 9.47 Å². The van der Waals surface area contributed by atoms with Crippen LogP contribution in [0.5, 0.6) is 11.5 Å². The molecule has 0 bridgehead atoms. The monoisotopic (exact) mass is 356 g/mol. The van der Waals surface area contributed by atoms with Gasteiger partial charge in [-0.05, 0) is 23.8 Å². The Kier molecular flexibility index (Phi) is 4.54. The first-order valence-electron chi connectivity index (χ1n) is 8.55. The number of carbonyl (C=O) groups excluding carboxylic acids is 2. The molecular weight excluding hydrogens is 340 g/mol. The average Bonchev–Trinajstić information content (AvgIpc) is 3.02. The van der Waals surface area contributed by atoms with Crippen LogP contribution in [0.15, 0.2) is 84.6 Å². The number of carbonyl (C=O) groups is 2. The summed E-state index contributed by atoms with van der Waals surface area (Å²) in [6.45, 7) is -0.0799. The Morgan fingerprint density at radius 3 is 2.37 bits per heavy atom. The second-order valence-corrected chi connectivity index (χ2v) is 6.09. The Bertz CT molecular complexity index is 1020. The maximum absolute atomic E-state index is 12.5. The molecule has 0 saturated heterocycles. The van der Waals surface area contributed by atoms with Gasteiger partial charge in [-0.3, -0.25) is 9.59 Å². The van der Waals surface area contributed by atoms with Crippen molar-refractivity contribution in [2.45, 2.75) is 0 Å². The average molecular weight is 356 g/mol. The molecule has 0 aliphatic carbocycles. The number of ketones is 2. The highest BCUT2D eigenvalue weighted by molar-refractivity contribution is 6.14. The van der Waals surface area contributed by atoms with Crippen molar-refractivity contribution in [3.8, 4) is 11.5 Å². The smallest absolute Gasteiger partial charge is 0.231 e. The molecule has 4 nitrogen and oxygen atoms in total. The molecule has 0 aromatic heterocycles. The quantitative estimate of drug-likeness (QED) is 0.497. The minimum atomic E-state index is -0.166. The minimum absolute atomic E-state index is 0.0799. The first-order chi connectivity index (χ1) is 13.2. The molecule has 0 fully saturated rings. The standard InChI is InChI=1S/C23H16O4/c24-20(17-9-5-2-6-10-17)15-26-18-11-12-19-21(14-18)27-22(23(19)25)13-16-7-3-1-4-8-16/h1-14H,15H2. The highest BCUT2D eigenvalue weighted by Crippen LogP contribution is 2.34. The molecule has 0 unspecified atom stereocenters. The Hall–Kier alpha value is -3.66. The van der Waals surface area contributed by atoms with E-state index in [0.29, 0.717) is 22.6 Å². The maximum atomic E-state index is 12.5. The van der Waals surface area contributed by atoms with Gasteiger partial charge >= 0.3 is 0 Å². The third kappa shape index (κ3) is 3.65. The molecule has 0 saturated carbocycles. The molecular formula is C23H16O4. The van der Waals surface area contributed by atoms with E-state index >= 15 is 0 Å². The van der Waals surface area contributed by atoms with Gasteiger partial charge in [0.1, 0.15) is 11.5 Å². The topological polar surface area (TPSA) is 52.6 Å². The van der Waals surface area contributed by atoms with Crippen molar-refractivity contribution in [2.75, 3.05) is 6.61 Å². The summed E-state index contributed by atoms with van der Waals surface area (Å²) >= 11 is 0. The molecule has 3 aromatic carbocycles. The van der Waals surface area contributed by atoms with Gasteiger partial charge in [0.15, 0.2) is 18.1 Å². The van der Waals surface area contributed by atoms with Gasteiger partial charge in [-0.2, -0.15) is 0 Å². The maximum Gasteiger partial charge on any atom is 0.231 e. The molecule has 0 radical (unpaired) electrons. The van der Waals surface area contributed by atoms with E-state index < -0.39 is 0 Å². The lowest BCUT2D eigenvalue weighted by Crippen LogP contribution is -2.11. The fourth-order valence-electron chi connectivity index (χ4n) is 2.81. The summed E-state index contributed by atoms with van der Waals surface area (Å²) in [5.74, 6) is 0.908. The third-order valence-electron chi connectivity index (χ3n) is 4.20. The highest BCUT2D eigenvalue weighted by Gasteiger charge is 2.27. The molecule has 4 rings (SSSR count). The molecule has 0 spiro atoms. The van der Waals surface area contributed by atoms with Gasteiger partial charge < -0.3 is 9.47 Å². The summed E-state index contributed by atoms with van der Waals surface area (Å²) in [5, 5.41) is 0. The Morgan fingerprint density at radius 1 is 0.926 bits per heavy atom. The van der Waals surface area contributed by atoms with E-state index in [1.54, 1.807) is 36.4 Å². The van der Waals surface area contributed by atoms with Crippen molar-refractivity contribution in [1.29, 1.82) is 0 Å². The molecule has 3 aromatic rings. The normalized spacial score (nSPS) is 13.9. The zero-order chi connectivity index (χ0) is 18.6. The van der Waals surface area contributed by atoms with Gasteiger partial charge in [-0.25, -0.2) is 0 Å². The molecule has 0 amide bonds. The van der Waals surface area contributed by atoms with Crippen LogP contribution in [0.25, 0.3) is 6.08 Å². The molecule has 27 heavy (non-hydrogen) atoms. The van der Waals surface area contributed by atoms with E-state index in [0.717, 1.165) is 5.56 Å². The van der Waals surface area contributed by atoms with Gasteiger partial charge in [0.25, 0.3) is 0 Å². The van der Waals surface area contributed by atoms with Crippen LogP contribution in [0.2, 0.25) is 0 Å². The summed E-state index contributed by atoms with van der Waals surface area (Å²) in [6, 6.07) is 23.4. The number of hydrogen-bond donors (Lipinski definition) is 0. The fraction of sp³-hybridized carbons (Fsp3) is 0.0435. The fourth-order valence-corrected chi connectivity index (χ4v) is 2.81. The number of hydrogen-bond acceptors (Lipinski definition) is 4. The number of ether oxygens (including phenoxy) is 2. The molecule has 0 N–H and O–H groups in total. The van der Waals surface area contributed by atoms with Crippen molar-refractivity contribution in [3.05, 3.63) is 101 Å². The molecule has 4 heteroatoms. The second kappa shape index (κ2) is 7.30. The largest absolute Gasteiger partial charge is 0.485 e. The molecule has 1 aliphatic rings. The van der Waals surface area contributed by atoms with Gasteiger partial charge in [0.05, 0.1) is 5.56 Å². The SMILES string of the molecule is O=C(COc1ccc2c(c1)OC(=Cc1ccccc1)C2=O)c1ccccc1. The van der Waals surface area contributed by atoms with Gasteiger partial charge in [0, 0.05) is 11.6 Å². The molecule has 132 valence electrons. The Labute approximate surface area is 156 Å². The van der Waals surface area contributed by atoms with E-state index in [4.69, 9.17) is 9.47 Å². The summed E-state index contributed by atoms with van der Waals surface area (Å²) in [5.41, 5.74) is 1.97. The van der Waals surface area contributed by atoms with Gasteiger partial charge in [-0.1, -0.05) is 60.7 Å². The first kappa shape index (κ1) is 16.8. The molecule has 1 aliphatic heterocycles. The minimum Gasteiger partial charge on any atom is -0.485 e. The predicted molar refractivity (Wildman–Crippen MR) is 102 cm³/mol. The van der Waals surface area contributed by atoms with Crippen LogP contribution in [0, 0.1) is 0 Å². The van der Waals surface area contributed by atoms with Gasteiger partial charge in [-0.15, -0.1) is 0 Å². The van der Waals surface area contributed by atoms with Crippen molar-refractivity contribution >= 4 is 17.6 Å². The number of Topliss-reactive ketones (excluding diaryl/α,β-unsaturated/α-hetero) is 2. The Morgan fingerprint density at radius 2 is 1.63 bits per heavy atom. The van der Waals surface area contributed by atoms with Crippen molar-refractivity contribution in [3.63, 3.8) is 0 Å². The zero-order valence-corrected chi connectivity index (χ0v) is 14.4. The van der Waals surface area contributed by atoms with Crippen molar-refractivity contribution < 1.29 is 19.1 Å². The zero-order valence-electron chi connectivity index (χ0n) is 14.4. The van der Waals surface area contributed by atoms with E-state index in [9.17, 15) is 9.59 Å². The van der Waals surface area contributed by atoms with Gasteiger partial charge in [0.2, 0.25) is 5.78 Å². The number of benzene rings is 3. The summed E-state index contributed by atoms with van der Waals surface area (Å²) in [7, 11) is 0. The number of fused-ring (bicyclic) bond motifs is 1. The second-order valence-electron chi connectivity index (χ2n) is 6.09. The lowest BCUT2D eigenvalue weighted by molar-refractivity contribution is 0.0921. The molecule has 0 atom stereocenters. The van der Waals surface area contributed by atoms with E-state index in [1.807, 2.05) is 48.5 Å². The van der Waals surface area contributed by atoms with Crippen LogP contribution in [-0.2, 0) is 0 Å². The lowest BCUT2D eigenvalue weighted by Gasteiger charge is -2.06. The summed E-state index contributed by atoms with van der Waals surface area (Å²) < 4.78 is 11.3. The Balaban J connectivity index is 1.48. The number of rotatable bonds is 5. The van der Waals surface area contributed by atoms with Crippen LogP contribution in [0.1, 0.15) is 26.3 Å². The summed E-state index contributed by atoms with van der Waals surface area (Å²) in [6.07, 6.45) is 1.71. The van der Waals surface area contributed by atoms with E-state index in [2.05, 4.69) is 0 Å². The third-order valence-corrected chi connectivity index (χ3v) is 4.20. The number of allylic oxidation sites excluding steroid dienone is 1. The van der Waals surface area contributed by atoms with Crippen LogP contribution >= 0.6 is 0 Å². The first-order valence-corrected chi connectivity index (χ1v) is 8.55. The van der Waals surface area contributed by atoms with Crippen LogP contribution in [0.4, 0.5) is 0 Å².